The van der Waals surface area contributed by atoms with Gasteiger partial charge in [0, 0.05) is 6.04 Å². The molecule has 1 aromatic heterocycles. The van der Waals surface area contributed by atoms with Crippen LogP contribution >= 0.6 is 11.6 Å². The van der Waals surface area contributed by atoms with Crippen LogP contribution in [-0.2, 0) is 4.79 Å². The first-order valence-electron chi connectivity index (χ1n) is 5.31. The molecule has 0 radical (unpaired) electrons. The van der Waals surface area contributed by atoms with Crippen molar-refractivity contribution < 1.29 is 19.1 Å². The lowest BCUT2D eigenvalue weighted by Crippen LogP contribution is -2.44. The van der Waals surface area contributed by atoms with E-state index in [9.17, 15) is 9.59 Å². The number of amides is 1. The summed E-state index contributed by atoms with van der Waals surface area (Å²) < 4.78 is 5.02. The average Bonchev–Trinajstić information content (AvgIpc) is 3.00. The third-order valence-corrected chi connectivity index (χ3v) is 2.94. The third-order valence-electron chi connectivity index (χ3n) is 2.73. The third kappa shape index (κ3) is 2.44. The highest BCUT2D eigenvalue weighted by molar-refractivity contribution is 6.29. The van der Waals surface area contributed by atoms with Crippen molar-refractivity contribution in [2.75, 3.05) is 0 Å². The molecule has 1 aliphatic carbocycles. The Bertz CT molecular complexity index is 452. The van der Waals surface area contributed by atoms with E-state index < -0.39 is 17.9 Å². The molecule has 17 heavy (non-hydrogen) atoms. The first kappa shape index (κ1) is 12.0. The number of furan rings is 1. The molecule has 0 aliphatic heterocycles. The fourth-order valence-corrected chi connectivity index (χ4v) is 1.83. The number of carbonyl (C=O) groups is 2. The second kappa shape index (κ2) is 4.41. The van der Waals surface area contributed by atoms with Crippen molar-refractivity contribution >= 4 is 23.5 Å². The summed E-state index contributed by atoms with van der Waals surface area (Å²) in [6.45, 7) is 1.49. The van der Waals surface area contributed by atoms with E-state index in [-0.39, 0.29) is 17.0 Å². The topological polar surface area (TPSA) is 70.8 Å². The van der Waals surface area contributed by atoms with Crippen molar-refractivity contribution in [3.8, 4) is 0 Å². The molecule has 1 aliphatic rings. The molecule has 1 atom stereocenters. The van der Waals surface area contributed by atoms with Gasteiger partial charge >= 0.3 is 5.97 Å². The molecule has 1 fully saturated rings. The number of carbonyl (C=O) groups excluding carboxylic acids is 1. The van der Waals surface area contributed by atoms with Gasteiger partial charge in [0.1, 0.15) is 6.04 Å². The van der Waals surface area contributed by atoms with Crippen LogP contribution in [0.2, 0.25) is 5.22 Å². The standard InChI is InChI=1S/C11H12ClNO4/c1-6(11(15)16)13(7-2-3-7)10(14)8-4-5-9(12)17-8/h4-7H,2-3H2,1H3,(H,15,16). The fourth-order valence-electron chi connectivity index (χ4n) is 1.69. The quantitative estimate of drug-likeness (QED) is 0.896. The van der Waals surface area contributed by atoms with Crippen LogP contribution in [-0.4, -0.2) is 34.0 Å². The number of hydrogen-bond donors (Lipinski definition) is 1. The molecule has 1 heterocycles. The molecule has 0 spiro atoms. The van der Waals surface area contributed by atoms with Crippen LogP contribution in [0.25, 0.3) is 0 Å². The van der Waals surface area contributed by atoms with Crippen molar-refractivity contribution in [3.63, 3.8) is 0 Å². The van der Waals surface area contributed by atoms with Gasteiger partial charge in [0.05, 0.1) is 0 Å². The average molecular weight is 258 g/mol. The highest BCUT2D eigenvalue weighted by atomic mass is 35.5. The van der Waals surface area contributed by atoms with Gasteiger partial charge in [-0.3, -0.25) is 4.79 Å². The summed E-state index contributed by atoms with van der Waals surface area (Å²) in [6.07, 6.45) is 1.66. The largest absolute Gasteiger partial charge is 0.480 e. The number of hydrogen-bond acceptors (Lipinski definition) is 3. The van der Waals surface area contributed by atoms with Crippen LogP contribution in [0.1, 0.15) is 30.3 Å². The highest BCUT2D eigenvalue weighted by Gasteiger charge is 2.39. The maximum absolute atomic E-state index is 12.1. The number of carboxylic acids is 1. The Labute approximate surface area is 103 Å². The van der Waals surface area contributed by atoms with E-state index in [1.165, 1.54) is 24.0 Å². The second-order valence-electron chi connectivity index (χ2n) is 4.06. The molecule has 0 bridgehead atoms. The lowest BCUT2D eigenvalue weighted by molar-refractivity contribution is -0.141. The van der Waals surface area contributed by atoms with Gasteiger partial charge in [0.15, 0.2) is 11.0 Å². The normalized spacial score (nSPS) is 16.6. The second-order valence-corrected chi connectivity index (χ2v) is 4.43. The number of nitrogens with zero attached hydrogens (tertiary/aromatic N) is 1. The van der Waals surface area contributed by atoms with Gasteiger partial charge in [-0.25, -0.2) is 4.79 Å². The molecule has 1 N–H and O–H groups in total. The molecule has 0 aromatic carbocycles. The fraction of sp³-hybridized carbons (Fsp3) is 0.455. The van der Waals surface area contributed by atoms with Crippen LogP contribution < -0.4 is 0 Å². The van der Waals surface area contributed by atoms with E-state index in [4.69, 9.17) is 21.1 Å². The molecule has 1 amide bonds. The lowest BCUT2D eigenvalue weighted by Gasteiger charge is -2.25. The van der Waals surface area contributed by atoms with Gasteiger partial charge in [0.25, 0.3) is 5.91 Å². The molecule has 5 nitrogen and oxygen atoms in total. The molecular weight excluding hydrogens is 246 g/mol. The summed E-state index contributed by atoms with van der Waals surface area (Å²) in [6, 6.07) is 2.05. The molecule has 1 unspecified atom stereocenters. The van der Waals surface area contributed by atoms with Crippen LogP contribution in [0, 0.1) is 0 Å². The number of halogens is 1. The molecule has 2 rings (SSSR count). The Morgan fingerprint density at radius 3 is 2.59 bits per heavy atom. The van der Waals surface area contributed by atoms with Crippen LogP contribution in [0.15, 0.2) is 16.5 Å². The molecule has 0 saturated heterocycles. The van der Waals surface area contributed by atoms with E-state index in [2.05, 4.69) is 0 Å². The molecule has 1 aromatic rings. The Morgan fingerprint density at radius 1 is 1.53 bits per heavy atom. The van der Waals surface area contributed by atoms with Gasteiger partial charge in [0.2, 0.25) is 0 Å². The first-order chi connectivity index (χ1) is 8.00. The summed E-state index contributed by atoms with van der Waals surface area (Å²) in [5.74, 6) is -1.37. The minimum absolute atomic E-state index is 0.00234. The monoisotopic (exact) mass is 257 g/mol. The van der Waals surface area contributed by atoms with Crippen LogP contribution in [0.5, 0.6) is 0 Å². The van der Waals surface area contributed by atoms with Gasteiger partial charge in [-0.05, 0) is 43.5 Å². The summed E-state index contributed by atoms with van der Waals surface area (Å²) >= 11 is 5.59. The van der Waals surface area contributed by atoms with Crippen molar-refractivity contribution in [1.82, 2.24) is 4.90 Å². The molecule has 6 heteroatoms. The van der Waals surface area contributed by atoms with Crippen LogP contribution in [0.3, 0.4) is 0 Å². The summed E-state index contributed by atoms with van der Waals surface area (Å²) in [5.41, 5.74) is 0. The van der Waals surface area contributed by atoms with Crippen molar-refractivity contribution in [3.05, 3.63) is 23.1 Å². The zero-order valence-corrected chi connectivity index (χ0v) is 9.98. The van der Waals surface area contributed by atoms with E-state index in [0.29, 0.717) is 0 Å². The zero-order chi connectivity index (χ0) is 12.6. The van der Waals surface area contributed by atoms with Crippen molar-refractivity contribution in [2.45, 2.75) is 31.8 Å². The van der Waals surface area contributed by atoms with Crippen molar-refractivity contribution in [1.29, 1.82) is 0 Å². The van der Waals surface area contributed by atoms with E-state index in [1.54, 1.807) is 0 Å². The van der Waals surface area contributed by atoms with E-state index >= 15 is 0 Å². The SMILES string of the molecule is CC(C(=O)O)N(C(=O)c1ccc(Cl)o1)C1CC1. The maximum atomic E-state index is 12.1. The molecule has 92 valence electrons. The molecule has 1 saturated carbocycles. The predicted molar refractivity (Wildman–Crippen MR) is 60.0 cm³/mol. The Balaban J connectivity index is 2.21. The minimum atomic E-state index is -1.03. The Kier molecular flexibility index (Phi) is 3.11. The predicted octanol–water partition coefficient (Wildman–Crippen LogP) is 2.01. The number of aliphatic carboxylic acids is 1. The van der Waals surface area contributed by atoms with Crippen molar-refractivity contribution in [2.24, 2.45) is 0 Å². The Morgan fingerprint density at radius 2 is 2.18 bits per heavy atom. The Hall–Kier alpha value is -1.49. The van der Waals surface area contributed by atoms with Gasteiger partial charge in [-0.15, -0.1) is 0 Å². The van der Waals surface area contributed by atoms with Gasteiger partial charge < -0.3 is 14.4 Å². The lowest BCUT2D eigenvalue weighted by atomic mass is 10.2. The van der Waals surface area contributed by atoms with E-state index in [1.807, 2.05) is 0 Å². The zero-order valence-electron chi connectivity index (χ0n) is 9.22. The van der Waals surface area contributed by atoms with Gasteiger partial charge in [-0.1, -0.05) is 0 Å². The van der Waals surface area contributed by atoms with Gasteiger partial charge in [-0.2, -0.15) is 0 Å². The summed E-state index contributed by atoms with van der Waals surface area (Å²) in [7, 11) is 0. The smallest absolute Gasteiger partial charge is 0.326 e. The van der Waals surface area contributed by atoms with Crippen LogP contribution in [0.4, 0.5) is 0 Å². The highest BCUT2D eigenvalue weighted by Crippen LogP contribution is 2.30. The molecular formula is C11H12ClNO4. The maximum Gasteiger partial charge on any atom is 0.326 e. The number of carboxylic acid groups (broad SMARTS) is 1. The van der Waals surface area contributed by atoms with E-state index in [0.717, 1.165) is 12.8 Å². The minimum Gasteiger partial charge on any atom is -0.480 e. The first-order valence-corrected chi connectivity index (χ1v) is 5.69. The summed E-state index contributed by atoms with van der Waals surface area (Å²) in [4.78, 5) is 24.4. The summed E-state index contributed by atoms with van der Waals surface area (Å²) in [5, 5.41) is 9.10. The number of rotatable bonds is 4.